The van der Waals surface area contributed by atoms with E-state index in [9.17, 15) is 22.8 Å². The zero-order chi connectivity index (χ0) is 27.9. The summed E-state index contributed by atoms with van der Waals surface area (Å²) >= 11 is 17.9. The number of amides is 2. The molecule has 0 saturated heterocycles. The fraction of sp³-hybridized carbons (Fsp3) is 0.160. The molecule has 0 unspecified atom stereocenters. The molecule has 0 aromatic heterocycles. The monoisotopic (exact) mass is 587 g/mol. The van der Waals surface area contributed by atoms with Crippen molar-refractivity contribution in [2.75, 3.05) is 11.9 Å². The highest BCUT2D eigenvalue weighted by Gasteiger charge is 2.31. The molecule has 0 saturated carbocycles. The third-order valence-electron chi connectivity index (χ3n) is 4.79. The van der Waals surface area contributed by atoms with E-state index in [0.717, 1.165) is 17.7 Å². The molecule has 200 valence electrons. The van der Waals surface area contributed by atoms with Crippen molar-refractivity contribution in [2.45, 2.75) is 19.7 Å². The number of hydrogen-bond acceptors (Lipinski definition) is 5. The average molecular weight is 589 g/mol. The van der Waals surface area contributed by atoms with Gasteiger partial charge in [0.1, 0.15) is 6.61 Å². The molecule has 0 heterocycles. The molecule has 0 aliphatic heterocycles. The van der Waals surface area contributed by atoms with Crippen LogP contribution in [-0.2, 0) is 22.4 Å². The second-order valence-corrected chi connectivity index (χ2v) is 8.76. The molecule has 2 N–H and O–H groups in total. The second-order valence-electron chi connectivity index (χ2n) is 7.51. The molecule has 3 rings (SSSR count). The third kappa shape index (κ3) is 8.01. The Hall–Kier alpha value is -3.47. The number of nitrogens with zero attached hydrogens (tertiary/aromatic N) is 1. The molecule has 0 fully saturated rings. The third-order valence-corrected chi connectivity index (χ3v) is 5.71. The van der Waals surface area contributed by atoms with Gasteiger partial charge in [-0.2, -0.15) is 18.3 Å². The van der Waals surface area contributed by atoms with Crippen LogP contribution >= 0.6 is 34.8 Å². The highest BCUT2D eigenvalue weighted by Crippen LogP contribution is 2.34. The Kier molecular flexibility index (Phi) is 9.84. The lowest BCUT2D eigenvalue weighted by atomic mass is 10.2. The summed E-state index contributed by atoms with van der Waals surface area (Å²) in [4.78, 5) is 24.1. The minimum atomic E-state index is -4.65. The van der Waals surface area contributed by atoms with Crippen LogP contribution in [0.3, 0.4) is 0 Å². The number of carbonyl (C=O) groups excluding carboxylic acids is 2. The summed E-state index contributed by atoms with van der Waals surface area (Å²) in [6, 6.07) is 12.2. The largest absolute Gasteiger partial charge is 0.490 e. The van der Waals surface area contributed by atoms with Crippen LogP contribution in [0.1, 0.15) is 23.6 Å². The molecule has 0 spiro atoms. The van der Waals surface area contributed by atoms with Gasteiger partial charge in [-0.05, 0) is 61.0 Å². The van der Waals surface area contributed by atoms with E-state index in [1.165, 1.54) is 6.21 Å². The first kappa shape index (κ1) is 29.1. The number of anilines is 1. The second kappa shape index (κ2) is 12.9. The van der Waals surface area contributed by atoms with Crippen LogP contribution in [0.4, 0.5) is 18.9 Å². The fourth-order valence-electron chi connectivity index (χ4n) is 2.98. The van der Waals surface area contributed by atoms with E-state index in [-0.39, 0.29) is 17.3 Å². The Bertz CT molecular complexity index is 1370. The number of halogens is 6. The predicted octanol–water partition coefficient (Wildman–Crippen LogP) is 6.73. The molecule has 13 heteroatoms. The summed E-state index contributed by atoms with van der Waals surface area (Å²) < 4.78 is 50.1. The first-order chi connectivity index (χ1) is 18.0. The van der Waals surface area contributed by atoms with Crippen LogP contribution in [0.5, 0.6) is 11.5 Å². The maximum Gasteiger partial charge on any atom is 0.416 e. The maximum atomic E-state index is 12.9. The normalized spacial score (nSPS) is 11.3. The number of alkyl halides is 3. The Balaban J connectivity index is 1.63. The number of carbonyl (C=O) groups is 2. The van der Waals surface area contributed by atoms with Crippen LogP contribution in [0.15, 0.2) is 59.7 Å². The first-order valence-electron chi connectivity index (χ1n) is 10.8. The van der Waals surface area contributed by atoms with Gasteiger partial charge in [0.05, 0.1) is 29.1 Å². The van der Waals surface area contributed by atoms with Gasteiger partial charge in [-0.15, -0.1) is 0 Å². The number of nitrogens with one attached hydrogen (secondary N) is 2. The van der Waals surface area contributed by atoms with Gasteiger partial charge in [-0.3, -0.25) is 9.59 Å². The maximum absolute atomic E-state index is 12.9. The number of benzene rings is 3. The molecular weight excluding hydrogens is 570 g/mol. The SMILES string of the molecule is CCOc1cc(/C=N/NC(=O)C(=O)Nc2cc(C(F)(F)F)ccc2Cl)ccc1OCc1ccc(Cl)cc1Cl. The lowest BCUT2D eigenvalue weighted by molar-refractivity contribution is -0.137. The van der Waals surface area contributed by atoms with Gasteiger partial charge >= 0.3 is 18.0 Å². The lowest BCUT2D eigenvalue weighted by Crippen LogP contribution is -2.32. The predicted molar refractivity (Wildman–Crippen MR) is 139 cm³/mol. The highest BCUT2D eigenvalue weighted by atomic mass is 35.5. The number of hydrogen-bond donors (Lipinski definition) is 2. The van der Waals surface area contributed by atoms with E-state index in [0.29, 0.717) is 39.8 Å². The molecule has 7 nitrogen and oxygen atoms in total. The number of ether oxygens (including phenoxy) is 2. The van der Waals surface area contributed by atoms with Crippen molar-refractivity contribution in [3.8, 4) is 11.5 Å². The van der Waals surface area contributed by atoms with Crippen molar-refractivity contribution >= 4 is 58.5 Å². The molecular formula is C25H19Cl3F3N3O4. The van der Waals surface area contributed by atoms with E-state index < -0.39 is 23.6 Å². The van der Waals surface area contributed by atoms with Crippen LogP contribution in [-0.4, -0.2) is 24.6 Å². The van der Waals surface area contributed by atoms with Gasteiger partial charge in [0.15, 0.2) is 11.5 Å². The fourth-order valence-corrected chi connectivity index (χ4v) is 3.61. The molecule has 0 aliphatic rings. The molecule has 3 aromatic carbocycles. The minimum Gasteiger partial charge on any atom is -0.490 e. The van der Waals surface area contributed by atoms with Gasteiger partial charge < -0.3 is 14.8 Å². The number of rotatable bonds is 8. The van der Waals surface area contributed by atoms with Gasteiger partial charge in [-0.25, -0.2) is 5.43 Å². The summed E-state index contributed by atoms with van der Waals surface area (Å²) in [6.45, 7) is 2.29. The average Bonchev–Trinajstić information content (AvgIpc) is 2.85. The Labute approximate surface area is 230 Å². The number of hydrazone groups is 1. The summed E-state index contributed by atoms with van der Waals surface area (Å²) in [5.74, 6) is -1.66. The van der Waals surface area contributed by atoms with Gasteiger partial charge in [0.2, 0.25) is 0 Å². The van der Waals surface area contributed by atoms with E-state index in [4.69, 9.17) is 44.3 Å². The van der Waals surface area contributed by atoms with E-state index in [2.05, 4.69) is 5.10 Å². The summed E-state index contributed by atoms with van der Waals surface area (Å²) in [5.41, 5.74) is 1.80. The quantitative estimate of drug-likeness (QED) is 0.173. The van der Waals surface area contributed by atoms with Crippen LogP contribution < -0.4 is 20.2 Å². The van der Waals surface area contributed by atoms with Crippen molar-refractivity contribution in [2.24, 2.45) is 5.10 Å². The van der Waals surface area contributed by atoms with Crippen molar-refractivity contribution < 1.29 is 32.2 Å². The smallest absolute Gasteiger partial charge is 0.416 e. The zero-order valence-corrected chi connectivity index (χ0v) is 21.8. The van der Waals surface area contributed by atoms with Crippen molar-refractivity contribution in [3.05, 3.63) is 86.4 Å². The van der Waals surface area contributed by atoms with Crippen molar-refractivity contribution in [3.63, 3.8) is 0 Å². The van der Waals surface area contributed by atoms with Gasteiger partial charge in [0, 0.05) is 15.6 Å². The molecule has 0 bridgehead atoms. The zero-order valence-electron chi connectivity index (χ0n) is 19.5. The van der Waals surface area contributed by atoms with Gasteiger partial charge in [-0.1, -0.05) is 40.9 Å². The summed E-state index contributed by atoms with van der Waals surface area (Å²) in [5, 5.41) is 6.51. The molecule has 0 radical (unpaired) electrons. The van der Waals surface area contributed by atoms with Crippen molar-refractivity contribution in [1.82, 2.24) is 5.43 Å². The van der Waals surface area contributed by atoms with Crippen molar-refractivity contribution in [1.29, 1.82) is 0 Å². The molecule has 2 amide bonds. The molecule has 3 aromatic rings. The summed E-state index contributed by atoms with van der Waals surface area (Å²) in [6.07, 6.45) is -3.41. The van der Waals surface area contributed by atoms with Crippen LogP contribution in [0, 0.1) is 0 Å². The van der Waals surface area contributed by atoms with Crippen LogP contribution in [0.25, 0.3) is 0 Å². The highest BCUT2D eigenvalue weighted by molar-refractivity contribution is 6.41. The Morgan fingerprint density at radius 1 is 0.921 bits per heavy atom. The van der Waals surface area contributed by atoms with E-state index in [1.807, 2.05) is 10.7 Å². The first-order valence-corrected chi connectivity index (χ1v) is 12.0. The lowest BCUT2D eigenvalue weighted by Gasteiger charge is -2.13. The standard InChI is InChI=1S/C25H19Cl3F3N3O4/c1-2-37-22-9-14(3-8-21(22)38-13-15-4-6-17(26)11-19(15)28)12-32-34-24(36)23(35)33-20-10-16(25(29,30)31)5-7-18(20)27/h3-12H,2,13H2,1H3,(H,33,35)(H,34,36)/b32-12+. The minimum absolute atomic E-state index is 0.157. The molecule has 0 atom stereocenters. The van der Waals surface area contributed by atoms with E-state index >= 15 is 0 Å². The van der Waals surface area contributed by atoms with E-state index in [1.54, 1.807) is 43.3 Å². The Morgan fingerprint density at radius 2 is 1.68 bits per heavy atom. The Morgan fingerprint density at radius 3 is 2.37 bits per heavy atom. The molecule has 0 aliphatic carbocycles. The molecule has 38 heavy (non-hydrogen) atoms. The topological polar surface area (TPSA) is 89.0 Å². The van der Waals surface area contributed by atoms with Crippen LogP contribution in [0.2, 0.25) is 15.1 Å². The summed E-state index contributed by atoms with van der Waals surface area (Å²) in [7, 11) is 0. The van der Waals surface area contributed by atoms with Gasteiger partial charge in [0.25, 0.3) is 0 Å².